The van der Waals surface area contributed by atoms with Crippen LogP contribution in [0, 0.1) is 10.1 Å². The zero-order valence-corrected chi connectivity index (χ0v) is 21.7. The monoisotopic (exact) mass is 554 g/mol. The van der Waals surface area contributed by atoms with Crippen molar-refractivity contribution < 1.29 is 22.9 Å². The molecule has 1 aromatic heterocycles. The van der Waals surface area contributed by atoms with Crippen molar-refractivity contribution in [1.29, 1.82) is 0 Å². The molecule has 9 nitrogen and oxygen atoms in total. The number of rotatable bonds is 7. The van der Waals surface area contributed by atoms with Gasteiger partial charge in [0.2, 0.25) is 5.91 Å². The fourth-order valence-corrected chi connectivity index (χ4v) is 5.04. The maximum absolute atomic E-state index is 13.6. The van der Waals surface area contributed by atoms with Crippen LogP contribution < -0.4 is 15.5 Å². The second-order valence-corrected chi connectivity index (χ2v) is 9.94. The zero-order chi connectivity index (χ0) is 28.3. The third-order valence-corrected chi connectivity index (χ3v) is 7.24. The Kier molecular flexibility index (Phi) is 7.88. The number of fused-ring (bicyclic) bond motifs is 1. The number of non-ortho nitro benzene ring substituents is 1. The molecule has 3 aromatic rings. The van der Waals surface area contributed by atoms with Gasteiger partial charge in [0.25, 0.3) is 5.69 Å². The lowest BCUT2D eigenvalue weighted by Gasteiger charge is -2.35. The van der Waals surface area contributed by atoms with Crippen molar-refractivity contribution in [3.63, 3.8) is 0 Å². The number of piperazine rings is 1. The lowest BCUT2D eigenvalue weighted by atomic mass is 10.1. The molecule has 2 fully saturated rings. The number of halogens is 3. The standard InChI is InChI=1S/C28H29F3N6O3/c29-28(30,31)20-14-25(33-17-19-3-1-5-22(13-19)37(39)40)24-16-23(18-34-26(24)15-20)35-9-11-36(12-10-35)27(38)7-6-21-4-2-8-32-21/h1,3,5-7,13-16,18,21,32-33H,2,4,8-12,17H2/b7-6+/t21-/m0/s1. The summed E-state index contributed by atoms with van der Waals surface area (Å²) in [7, 11) is 0. The fourth-order valence-electron chi connectivity index (χ4n) is 5.04. The molecule has 0 saturated carbocycles. The highest BCUT2D eigenvalue weighted by atomic mass is 19.4. The van der Waals surface area contributed by atoms with E-state index in [-0.39, 0.29) is 35.4 Å². The Morgan fingerprint density at radius 2 is 1.98 bits per heavy atom. The molecule has 2 N–H and O–H groups in total. The highest BCUT2D eigenvalue weighted by Crippen LogP contribution is 2.36. The van der Waals surface area contributed by atoms with Crippen molar-refractivity contribution in [2.75, 3.05) is 42.9 Å². The van der Waals surface area contributed by atoms with E-state index < -0.39 is 16.7 Å². The predicted octanol–water partition coefficient (Wildman–Crippen LogP) is 4.73. The third kappa shape index (κ3) is 6.33. The van der Waals surface area contributed by atoms with Crippen LogP contribution in [-0.2, 0) is 17.5 Å². The molecule has 5 rings (SSSR count). The first-order valence-corrected chi connectivity index (χ1v) is 13.1. The van der Waals surface area contributed by atoms with E-state index in [0.29, 0.717) is 37.1 Å². The number of amides is 1. The Morgan fingerprint density at radius 3 is 2.67 bits per heavy atom. The van der Waals surface area contributed by atoms with Crippen molar-refractivity contribution in [2.45, 2.75) is 31.6 Å². The number of pyridine rings is 1. The molecule has 1 atom stereocenters. The minimum Gasteiger partial charge on any atom is -0.380 e. The summed E-state index contributed by atoms with van der Waals surface area (Å²) in [5, 5.41) is 18.0. The SMILES string of the molecule is O=C(/C=C/[C@@H]1CCCN1)N1CCN(c2cnc3cc(C(F)(F)F)cc(NCc4cccc([N+](=O)[O-])c4)c3c2)CC1. The largest absolute Gasteiger partial charge is 0.416 e. The quantitative estimate of drug-likeness (QED) is 0.247. The molecule has 40 heavy (non-hydrogen) atoms. The number of carbonyl (C=O) groups excluding carboxylic acids is 1. The van der Waals surface area contributed by atoms with Gasteiger partial charge in [-0.05, 0) is 43.1 Å². The number of benzene rings is 2. The van der Waals surface area contributed by atoms with E-state index in [0.717, 1.165) is 37.2 Å². The Morgan fingerprint density at radius 1 is 1.18 bits per heavy atom. The smallest absolute Gasteiger partial charge is 0.380 e. The number of hydrogen-bond donors (Lipinski definition) is 2. The van der Waals surface area contributed by atoms with Gasteiger partial charge in [0, 0.05) is 68.0 Å². The Balaban J connectivity index is 1.34. The molecule has 0 spiro atoms. The number of carbonyl (C=O) groups is 1. The number of anilines is 2. The number of nitrogens with zero attached hydrogens (tertiary/aromatic N) is 4. The van der Waals surface area contributed by atoms with E-state index >= 15 is 0 Å². The first kappa shape index (κ1) is 27.4. The van der Waals surface area contributed by atoms with Gasteiger partial charge in [-0.2, -0.15) is 13.2 Å². The van der Waals surface area contributed by atoms with Gasteiger partial charge in [0.15, 0.2) is 0 Å². The topological polar surface area (TPSA) is 104 Å². The van der Waals surface area contributed by atoms with Crippen LogP contribution in [0.15, 0.2) is 60.8 Å². The van der Waals surface area contributed by atoms with E-state index in [9.17, 15) is 28.1 Å². The molecule has 0 radical (unpaired) electrons. The van der Waals surface area contributed by atoms with Gasteiger partial charge in [0.05, 0.1) is 27.9 Å². The summed E-state index contributed by atoms with van der Waals surface area (Å²) in [6, 6.07) is 10.0. The van der Waals surface area contributed by atoms with Crippen LogP contribution in [0.3, 0.4) is 0 Å². The summed E-state index contributed by atoms with van der Waals surface area (Å²) in [4.78, 5) is 31.4. The Bertz CT molecular complexity index is 1430. The van der Waals surface area contributed by atoms with Gasteiger partial charge in [-0.3, -0.25) is 19.9 Å². The summed E-state index contributed by atoms with van der Waals surface area (Å²) in [5.41, 5.74) is 0.769. The van der Waals surface area contributed by atoms with Crippen LogP contribution >= 0.6 is 0 Å². The molecule has 0 aliphatic carbocycles. The zero-order valence-electron chi connectivity index (χ0n) is 21.7. The number of nitro benzene ring substituents is 1. The molecule has 0 unspecified atom stereocenters. The van der Waals surface area contributed by atoms with Crippen LogP contribution in [0.4, 0.5) is 30.2 Å². The first-order chi connectivity index (χ1) is 19.2. The molecular formula is C28H29F3N6O3. The van der Waals surface area contributed by atoms with Gasteiger partial charge in [-0.1, -0.05) is 18.2 Å². The Hall–Kier alpha value is -4.19. The molecule has 1 amide bonds. The van der Waals surface area contributed by atoms with Crippen molar-refractivity contribution in [1.82, 2.24) is 15.2 Å². The molecule has 2 aliphatic heterocycles. The molecule has 210 valence electrons. The van der Waals surface area contributed by atoms with Gasteiger partial charge < -0.3 is 20.4 Å². The molecule has 3 heterocycles. The normalized spacial score (nSPS) is 18.0. The van der Waals surface area contributed by atoms with Crippen molar-refractivity contribution in [2.24, 2.45) is 0 Å². The highest BCUT2D eigenvalue weighted by Gasteiger charge is 2.32. The maximum atomic E-state index is 13.6. The molecular weight excluding hydrogens is 525 g/mol. The van der Waals surface area contributed by atoms with E-state index in [1.807, 2.05) is 6.08 Å². The predicted molar refractivity (Wildman–Crippen MR) is 146 cm³/mol. The summed E-state index contributed by atoms with van der Waals surface area (Å²) in [6.45, 7) is 3.21. The molecule has 12 heteroatoms. The van der Waals surface area contributed by atoms with Crippen LogP contribution in [0.25, 0.3) is 10.9 Å². The third-order valence-electron chi connectivity index (χ3n) is 7.24. The second-order valence-electron chi connectivity index (χ2n) is 9.94. The number of hydrogen-bond acceptors (Lipinski definition) is 7. The second kappa shape index (κ2) is 11.5. The van der Waals surface area contributed by atoms with Crippen LogP contribution in [0.2, 0.25) is 0 Å². The number of nitrogens with one attached hydrogen (secondary N) is 2. The average molecular weight is 555 g/mol. The first-order valence-electron chi connectivity index (χ1n) is 13.1. The summed E-state index contributed by atoms with van der Waals surface area (Å²) in [5.74, 6) is -0.0303. The molecule has 2 aliphatic rings. The fraction of sp³-hybridized carbons (Fsp3) is 0.357. The lowest BCUT2D eigenvalue weighted by molar-refractivity contribution is -0.384. The highest BCUT2D eigenvalue weighted by molar-refractivity contribution is 5.94. The average Bonchev–Trinajstić information content (AvgIpc) is 3.48. The molecule has 2 aromatic carbocycles. The summed E-state index contributed by atoms with van der Waals surface area (Å²) in [6.07, 6.45) is 2.67. The lowest BCUT2D eigenvalue weighted by Crippen LogP contribution is -2.48. The van der Waals surface area contributed by atoms with Crippen molar-refractivity contribution in [3.05, 3.63) is 82.1 Å². The van der Waals surface area contributed by atoms with Gasteiger partial charge in [0.1, 0.15) is 0 Å². The van der Waals surface area contributed by atoms with Crippen molar-refractivity contribution >= 4 is 33.9 Å². The van der Waals surface area contributed by atoms with E-state index in [4.69, 9.17) is 0 Å². The van der Waals surface area contributed by atoms with Crippen LogP contribution in [0.5, 0.6) is 0 Å². The van der Waals surface area contributed by atoms with E-state index in [1.54, 1.807) is 29.3 Å². The van der Waals surface area contributed by atoms with Crippen LogP contribution in [0.1, 0.15) is 24.0 Å². The van der Waals surface area contributed by atoms with Gasteiger partial charge in [-0.15, -0.1) is 0 Å². The minimum absolute atomic E-state index is 0.0303. The maximum Gasteiger partial charge on any atom is 0.416 e. The number of alkyl halides is 3. The number of aromatic nitrogens is 1. The van der Waals surface area contributed by atoms with Crippen molar-refractivity contribution in [3.8, 4) is 0 Å². The Labute approximate surface area is 228 Å². The summed E-state index contributed by atoms with van der Waals surface area (Å²) >= 11 is 0. The minimum atomic E-state index is -4.57. The summed E-state index contributed by atoms with van der Waals surface area (Å²) < 4.78 is 40.9. The molecule has 0 bridgehead atoms. The van der Waals surface area contributed by atoms with Gasteiger partial charge in [-0.25, -0.2) is 0 Å². The van der Waals surface area contributed by atoms with Crippen LogP contribution in [-0.4, -0.2) is 59.5 Å². The van der Waals surface area contributed by atoms with Gasteiger partial charge >= 0.3 is 6.18 Å². The van der Waals surface area contributed by atoms with E-state index in [1.165, 1.54) is 18.2 Å². The number of nitro groups is 1. The molecule has 2 saturated heterocycles. The van der Waals surface area contributed by atoms with E-state index in [2.05, 4.69) is 20.5 Å².